The van der Waals surface area contributed by atoms with Gasteiger partial charge in [0.15, 0.2) is 5.82 Å². The summed E-state index contributed by atoms with van der Waals surface area (Å²) in [6.45, 7) is 0. The highest BCUT2D eigenvalue weighted by molar-refractivity contribution is 7.98. The normalized spacial score (nSPS) is 14.7. The fraction of sp³-hybridized carbons (Fsp3) is 0.273. The Morgan fingerprint density at radius 2 is 2.11 bits per heavy atom. The summed E-state index contributed by atoms with van der Waals surface area (Å²) in [5.41, 5.74) is 0.412. The maximum Gasteiger partial charge on any atom is 0.417 e. The molecule has 1 aliphatic heterocycles. The molecule has 3 heterocycles. The van der Waals surface area contributed by atoms with E-state index in [0.717, 1.165) is 18.0 Å². The number of nitrogens with zero attached hydrogens (tertiary/aromatic N) is 2. The van der Waals surface area contributed by atoms with E-state index in [4.69, 9.17) is 0 Å². The number of thioether (sulfide) groups is 1. The van der Waals surface area contributed by atoms with Crippen LogP contribution in [-0.4, -0.2) is 14.8 Å². The van der Waals surface area contributed by atoms with Gasteiger partial charge in [0.2, 0.25) is 0 Å². The number of alkyl halides is 3. The Morgan fingerprint density at radius 1 is 1.32 bits per heavy atom. The highest BCUT2D eigenvalue weighted by atomic mass is 32.2. The van der Waals surface area contributed by atoms with Crippen molar-refractivity contribution in [1.29, 1.82) is 0 Å². The molecule has 0 fully saturated rings. The number of hydrogen-bond donors (Lipinski definition) is 1. The highest BCUT2D eigenvalue weighted by Gasteiger charge is 2.31. The Balaban J connectivity index is 2.02. The SMILES string of the molecule is O=c1c2c([nH]n1-c1ccc(C(F)(F)F)cn1)CSC2. The predicted molar refractivity (Wildman–Crippen MR) is 64.2 cm³/mol. The van der Waals surface area contributed by atoms with Gasteiger partial charge >= 0.3 is 6.18 Å². The minimum atomic E-state index is -4.43. The zero-order valence-corrected chi connectivity index (χ0v) is 10.3. The molecule has 0 aliphatic carbocycles. The van der Waals surface area contributed by atoms with Gasteiger partial charge in [0.25, 0.3) is 5.56 Å². The van der Waals surface area contributed by atoms with Gasteiger partial charge in [0, 0.05) is 17.7 Å². The van der Waals surface area contributed by atoms with Gasteiger partial charge in [-0.1, -0.05) is 0 Å². The lowest BCUT2D eigenvalue weighted by Crippen LogP contribution is -2.18. The quantitative estimate of drug-likeness (QED) is 0.875. The number of aromatic amines is 1. The van der Waals surface area contributed by atoms with Crippen molar-refractivity contribution in [2.45, 2.75) is 17.7 Å². The van der Waals surface area contributed by atoms with Crippen LogP contribution in [0.2, 0.25) is 0 Å². The number of rotatable bonds is 1. The lowest BCUT2D eigenvalue weighted by molar-refractivity contribution is -0.137. The number of nitrogens with one attached hydrogen (secondary N) is 1. The summed E-state index contributed by atoms with van der Waals surface area (Å²) in [5, 5.41) is 2.88. The lowest BCUT2D eigenvalue weighted by atomic mass is 10.3. The molecule has 0 saturated carbocycles. The second kappa shape index (κ2) is 4.16. The van der Waals surface area contributed by atoms with Crippen molar-refractivity contribution >= 4 is 11.8 Å². The molecular weight excluding hydrogens is 279 g/mol. The minimum absolute atomic E-state index is 0.164. The minimum Gasteiger partial charge on any atom is -0.292 e. The zero-order chi connectivity index (χ0) is 13.6. The molecule has 2 aromatic heterocycles. The topological polar surface area (TPSA) is 50.7 Å². The van der Waals surface area contributed by atoms with Gasteiger partial charge in [-0.2, -0.15) is 24.9 Å². The van der Waals surface area contributed by atoms with Crippen molar-refractivity contribution in [2.75, 3.05) is 0 Å². The summed E-state index contributed by atoms with van der Waals surface area (Å²) in [5.74, 6) is 1.49. The first-order chi connectivity index (χ1) is 8.97. The van der Waals surface area contributed by atoms with Crippen molar-refractivity contribution in [3.8, 4) is 5.82 Å². The number of H-pyrrole nitrogens is 1. The maximum atomic E-state index is 12.4. The van der Waals surface area contributed by atoms with Crippen molar-refractivity contribution in [2.24, 2.45) is 0 Å². The van der Waals surface area contributed by atoms with Crippen molar-refractivity contribution in [1.82, 2.24) is 14.8 Å². The van der Waals surface area contributed by atoms with Gasteiger partial charge in [-0.3, -0.25) is 9.89 Å². The summed E-state index contributed by atoms with van der Waals surface area (Å²) in [6, 6.07) is 2.10. The first-order valence-electron chi connectivity index (χ1n) is 5.41. The average Bonchev–Trinajstić information content (AvgIpc) is 2.92. The molecule has 0 aromatic carbocycles. The average molecular weight is 287 g/mol. The Kier molecular flexibility index (Phi) is 2.70. The van der Waals surface area contributed by atoms with E-state index in [0.29, 0.717) is 17.1 Å². The molecule has 19 heavy (non-hydrogen) atoms. The fourth-order valence-electron chi connectivity index (χ4n) is 1.89. The maximum absolute atomic E-state index is 12.4. The van der Waals surface area contributed by atoms with Gasteiger partial charge < -0.3 is 0 Å². The molecule has 0 spiro atoms. The van der Waals surface area contributed by atoms with Crippen LogP contribution >= 0.6 is 11.8 Å². The third-order valence-electron chi connectivity index (χ3n) is 2.87. The van der Waals surface area contributed by atoms with Crippen LogP contribution in [0.15, 0.2) is 23.1 Å². The molecular formula is C11H8F3N3OS. The second-order valence-electron chi connectivity index (χ2n) is 4.11. The Hall–Kier alpha value is -1.70. The molecule has 3 rings (SSSR count). The molecule has 1 N–H and O–H groups in total. The molecule has 0 radical (unpaired) electrons. The van der Waals surface area contributed by atoms with E-state index in [1.807, 2.05) is 0 Å². The van der Waals surface area contributed by atoms with Crippen LogP contribution in [0.4, 0.5) is 13.2 Å². The number of pyridine rings is 1. The number of halogens is 3. The monoisotopic (exact) mass is 287 g/mol. The van der Waals surface area contributed by atoms with Gasteiger partial charge in [-0.25, -0.2) is 9.67 Å². The highest BCUT2D eigenvalue weighted by Crippen LogP contribution is 2.29. The van der Waals surface area contributed by atoms with E-state index in [1.165, 1.54) is 10.7 Å². The molecule has 0 saturated heterocycles. The number of fused-ring (bicyclic) bond motifs is 1. The van der Waals surface area contributed by atoms with E-state index >= 15 is 0 Å². The first-order valence-corrected chi connectivity index (χ1v) is 6.56. The predicted octanol–water partition coefficient (Wildman–Crippen LogP) is 2.33. The molecule has 0 atom stereocenters. The molecule has 2 aromatic rings. The van der Waals surface area contributed by atoms with Crippen LogP contribution < -0.4 is 5.56 Å². The largest absolute Gasteiger partial charge is 0.417 e. The summed E-state index contributed by atoms with van der Waals surface area (Å²) < 4.78 is 38.4. The van der Waals surface area contributed by atoms with Gasteiger partial charge in [0.1, 0.15) is 0 Å². The van der Waals surface area contributed by atoms with E-state index in [-0.39, 0.29) is 11.4 Å². The standard InChI is InChI=1S/C11H8F3N3OS/c12-11(13,14)6-1-2-9(15-3-6)17-10(18)7-4-19-5-8(7)16-17/h1-3,16H,4-5H2. The zero-order valence-electron chi connectivity index (χ0n) is 9.49. The third kappa shape index (κ3) is 2.05. The molecule has 4 nitrogen and oxygen atoms in total. The summed E-state index contributed by atoms with van der Waals surface area (Å²) >= 11 is 1.62. The van der Waals surface area contributed by atoms with Crippen molar-refractivity contribution < 1.29 is 13.2 Å². The van der Waals surface area contributed by atoms with Crippen LogP contribution in [0, 0.1) is 0 Å². The Labute approximate surface area is 109 Å². The summed E-state index contributed by atoms with van der Waals surface area (Å²) in [4.78, 5) is 15.7. The summed E-state index contributed by atoms with van der Waals surface area (Å²) in [7, 11) is 0. The van der Waals surface area contributed by atoms with Crippen LogP contribution in [-0.2, 0) is 17.7 Å². The first kappa shape index (κ1) is 12.3. The number of hydrogen-bond acceptors (Lipinski definition) is 3. The lowest BCUT2D eigenvalue weighted by Gasteiger charge is -2.07. The molecule has 100 valence electrons. The van der Waals surface area contributed by atoms with Crippen molar-refractivity contribution in [3.05, 3.63) is 45.5 Å². The van der Waals surface area contributed by atoms with E-state index in [1.54, 1.807) is 11.8 Å². The van der Waals surface area contributed by atoms with Crippen LogP contribution in [0.25, 0.3) is 5.82 Å². The Bertz CT molecular complexity index is 672. The summed E-state index contributed by atoms with van der Waals surface area (Å²) in [6.07, 6.45) is -3.70. The van der Waals surface area contributed by atoms with Crippen LogP contribution in [0.3, 0.4) is 0 Å². The Morgan fingerprint density at radius 3 is 2.68 bits per heavy atom. The van der Waals surface area contributed by atoms with E-state index in [9.17, 15) is 18.0 Å². The van der Waals surface area contributed by atoms with Gasteiger partial charge in [-0.15, -0.1) is 0 Å². The fourth-order valence-corrected chi connectivity index (χ4v) is 2.93. The van der Waals surface area contributed by atoms with Gasteiger partial charge in [-0.05, 0) is 12.1 Å². The van der Waals surface area contributed by atoms with Crippen molar-refractivity contribution in [3.63, 3.8) is 0 Å². The second-order valence-corrected chi connectivity index (χ2v) is 5.09. The van der Waals surface area contributed by atoms with Gasteiger partial charge in [0.05, 0.1) is 16.8 Å². The molecule has 0 amide bonds. The van der Waals surface area contributed by atoms with Crippen LogP contribution in [0.5, 0.6) is 0 Å². The smallest absolute Gasteiger partial charge is 0.292 e. The van der Waals surface area contributed by atoms with E-state index in [2.05, 4.69) is 10.1 Å². The van der Waals surface area contributed by atoms with Crippen LogP contribution in [0.1, 0.15) is 16.8 Å². The molecule has 8 heteroatoms. The number of aromatic nitrogens is 3. The molecule has 1 aliphatic rings. The molecule has 0 bridgehead atoms. The third-order valence-corrected chi connectivity index (χ3v) is 3.85. The van der Waals surface area contributed by atoms with E-state index < -0.39 is 11.7 Å². The molecule has 0 unspecified atom stereocenters.